The van der Waals surface area contributed by atoms with Crippen LogP contribution in [0.15, 0.2) is 71.7 Å². The molecule has 1 aromatic heterocycles. The highest BCUT2D eigenvalue weighted by Crippen LogP contribution is 2.33. The topological polar surface area (TPSA) is 88.9 Å². The Balaban J connectivity index is 1.81. The van der Waals surface area contributed by atoms with Crippen molar-refractivity contribution in [1.29, 1.82) is 0 Å². The van der Waals surface area contributed by atoms with Crippen molar-refractivity contribution >= 4 is 39.9 Å². The third kappa shape index (κ3) is 6.33. The maximum Gasteiger partial charge on any atom is 0.303 e. The van der Waals surface area contributed by atoms with Crippen LogP contribution in [0, 0.1) is 0 Å². The molecule has 0 atom stereocenters. The van der Waals surface area contributed by atoms with Gasteiger partial charge in [0.1, 0.15) is 0 Å². The van der Waals surface area contributed by atoms with E-state index < -0.39 is 5.97 Å². The van der Waals surface area contributed by atoms with E-state index in [0.29, 0.717) is 28.2 Å². The number of hydrogen-bond acceptors (Lipinski definition) is 4. The van der Waals surface area contributed by atoms with E-state index >= 15 is 0 Å². The Bertz CT molecular complexity index is 1410. The fourth-order valence-electron chi connectivity index (χ4n) is 4.30. The van der Waals surface area contributed by atoms with Gasteiger partial charge in [0.2, 0.25) is 0 Å². The Kier molecular flexibility index (Phi) is 8.08. The van der Waals surface area contributed by atoms with Gasteiger partial charge in [0.15, 0.2) is 5.88 Å². The van der Waals surface area contributed by atoms with E-state index in [-0.39, 0.29) is 12.3 Å². The number of aliphatic carboxylic acids is 1. The molecule has 0 unspecified atom stereocenters. The number of rotatable bonds is 10. The van der Waals surface area contributed by atoms with Crippen molar-refractivity contribution in [1.82, 2.24) is 9.88 Å². The maximum atomic E-state index is 11.1. The van der Waals surface area contributed by atoms with Gasteiger partial charge in [0, 0.05) is 22.4 Å². The second kappa shape index (κ2) is 11.4. The molecule has 1 heterocycles. The van der Waals surface area contributed by atoms with Crippen LogP contribution in [0.4, 0.5) is 5.69 Å². The average Bonchev–Trinajstić information content (AvgIpc) is 3.16. The second-order valence-corrected chi connectivity index (χ2v) is 9.61. The molecule has 4 rings (SSSR count). The summed E-state index contributed by atoms with van der Waals surface area (Å²) in [6.07, 6.45) is 2.44. The molecule has 0 aliphatic carbocycles. The van der Waals surface area contributed by atoms with Gasteiger partial charge in [-0.2, -0.15) is 0 Å². The number of aromatic nitrogens is 1. The molecule has 0 spiro atoms. The van der Waals surface area contributed by atoms with Gasteiger partial charge < -0.3 is 20.1 Å². The van der Waals surface area contributed by atoms with Crippen LogP contribution in [0.5, 0.6) is 5.88 Å². The molecule has 6 nitrogen and oxygen atoms in total. The summed E-state index contributed by atoms with van der Waals surface area (Å²) < 4.78 is 0. The predicted octanol–water partition coefficient (Wildman–Crippen LogP) is 6.21. The van der Waals surface area contributed by atoms with Gasteiger partial charge in [-0.3, -0.25) is 4.79 Å². The van der Waals surface area contributed by atoms with Crippen LogP contribution in [0.3, 0.4) is 0 Å². The van der Waals surface area contributed by atoms with Gasteiger partial charge in [-0.15, -0.1) is 0 Å². The number of aromatic hydroxyl groups is 1. The molecule has 0 radical (unpaired) electrons. The van der Waals surface area contributed by atoms with Crippen molar-refractivity contribution in [3.8, 4) is 5.88 Å². The number of carbonyl (C=O) groups is 1. The Labute approximate surface area is 215 Å². The highest BCUT2D eigenvalue weighted by molar-refractivity contribution is 6.31. The molecule has 0 saturated carbocycles. The van der Waals surface area contributed by atoms with Crippen LogP contribution < -0.4 is 0 Å². The van der Waals surface area contributed by atoms with Crippen molar-refractivity contribution in [2.45, 2.75) is 25.7 Å². The van der Waals surface area contributed by atoms with Gasteiger partial charge in [-0.1, -0.05) is 48.0 Å². The molecule has 3 aromatic carbocycles. The Hall–Kier alpha value is -3.61. The van der Waals surface area contributed by atoms with Crippen LogP contribution in [-0.2, 0) is 17.6 Å². The van der Waals surface area contributed by atoms with Gasteiger partial charge in [0.25, 0.3) is 0 Å². The van der Waals surface area contributed by atoms with E-state index in [4.69, 9.17) is 21.7 Å². The monoisotopic (exact) mass is 503 g/mol. The summed E-state index contributed by atoms with van der Waals surface area (Å²) in [4.78, 5) is 21.3. The molecule has 4 aromatic rings. The number of hydrogen-bond donors (Lipinski definition) is 3. The lowest BCUT2D eigenvalue weighted by atomic mass is 9.97. The summed E-state index contributed by atoms with van der Waals surface area (Å²) in [5.74, 6) is -0.837. The first kappa shape index (κ1) is 25.5. The third-order valence-corrected chi connectivity index (χ3v) is 6.26. The molecular formula is C29H30ClN3O3. The number of carboxylic acids is 1. The summed E-state index contributed by atoms with van der Waals surface area (Å²) in [5.41, 5.74) is 5.55. The predicted molar refractivity (Wildman–Crippen MR) is 146 cm³/mol. The molecule has 36 heavy (non-hydrogen) atoms. The zero-order chi connectivity index (χ0) is 25.7. The number of benzene rings is 3. The Morgan fingerprint density at radius 3 is 2.50 bits per heavy atom. The molecule has 0 aliphatic rings. The van der Waals surface area contributed by atoms with Crippen LogP contribution in [0.2, 0.25) is 5.02 Å². The molecule has 3 N–H and O–H groups in total. The maximum absolute atomic E-state index is 11.1. The highest BCUT2D eigenvalue weighted by Gasteiger charge is 2.19. The third-order valence-electron chi connectivity index (χ3n) is 6.03. The molecule has 0 saturated heterocycles. The van der Waals surface area contributed by atoms with Crippen molar-refractivity contribution in [2.75, 3.05) is 20.6 Å². The van der Waals surface area contributed by atoms with Crippen molar-refractivity contribution < 1.29 is 15.0 Å². The van der Waals surface area contributed by atoms with Crippen LogP contribution in [0.25, 0.3) is 10.9 Å². The van der Waals surface area contributed by atoms with Crippen molar-refractivity contribution in [3.05, 3.63) is 94.0 Å². The minimum atomic E-state index is -0.841. The number of carboxylic acid groups (broad SMARTS) is 1. The number of fused-ring (bicyclic) bond motifs is 1. The van der Waals surface area contributed by atoms with E-state index in [1.165, 1.54) is 5.56 Å². The van der Waals surface area contributed by atoms with E-state index in [0.717, 1.165) is 41.6 Å². The lowest BCUT2D eigenvalue weighted by Crippen LogP contribution is -2.13. The van der Waals surface area contributed by atoms with Gasteiger partial charge >= 0.3 is 5.97 Å². The Morgan fingerprint density at radius 1 is 1.00 bits per heavy atom. The van der Waals surface area contributed by atoms with Gasteiger partial charge in [-0.05, 0) is 81.4 Å². The van der Waals surface area contributed by atoms with Crippen molar-refractivity contribution in [2.24, 2.45) is 4.99 Å². The summed E-state index contributed by atoms with van der Waals surface area (Å²) >= 11 is 6.18. The van der Waals surface area contributed by atoms with Gasteiger partial charge in [0.05, 0.1) is 22.5 Å². The first-order chi connectivity index (χ1) is 17.3. The number of halogens is 1. The second-order valence-electron chi connectivity index (χ2n) is 9.17. The number of aryl methyl sites for hydroxylation is 2. The first-order valence-electron chi connectivity index (χ1n) is 11.9. The molecule has 0 aliphatic heterocycles. The fraction of sp³-hybridized carbons (Fsp3) is 0.241. The van der Waals surface area contributed by atoms with Crippen LogP contribution in [0.1, 0.15) is 35.1 Å². The van der Waals surface area contributed by atoms with E-state index in [2.05, 4.69) is 36.1 Å². The largest absolute Gasteiger partial charge is 0.494 e. The molecular weight excluding hydrogens is 474 g/mol. The average molecular weight is 504 g/mol. The zero-order valence-corrected chi connectivity index (χ0v) is 21.2. The van der Waals surface area contributed by atoms with Crippen LogP contribution in [-0.4, -0.2) is 52.4 Å². The van der Waals surface area contributed by atoms with Crippen LogP contribution >= 0.6 is 11.6 Å². The highest BCUT2D eigenvalue weighted by atomic mass is 35.5. The zero-order valence-electron chi connectivity index (χ0n) is 20.5. The molecule has 0 fully saturated rings. The normalized spacial score (nSPS) is 11.9. The minimum Gasteiger partial charge on any atom is -0.494 e. The number of H-pyrrole nitrogens is 1. The molecule has 186 valence electrons. The SMILES string of the molecule is CN(C)CCCc1cccc(N=C(c2cccc(CCC(=O)O)c2)c2c(O)[nH]c3cc(Cl)ccc23)c1. The number of aliphatic imine (C=N–C) groups is 1. The number of nitrogens with zero attached hydrogens (tertiary/aromatic N) is 2. The molecule has 0 bridgehead atoms. The van der Waals surface area contributed by atoms with E-state index in [1.54, 1.807) is 12.1 Å². The smallest absolute Gasteiger partial charge is 0.303 e. The quantitative estimate of drug-likeness (QED) is 0.224. The van der Waals surface area contributed by atoms with Crippen molar-refractivity contribution in [3.63, 3.8) is 0 Å². The fourth-order valence-corrected chi connectivity index (χ4v) is 4.47. The lowest BCUT2D eigenvalue weighted by Gasteiger charge is -2.11. The van der Waals surface area contributed by atoms with E-state index in [9.17, 15) is 9.90 Å². The first-order valence-corrected chi connectivity index (χ1v) is 12.3. The van der Waals surface area contributed by atoms with E-state index in [1.807, 2.05) is 42.5 Å². The van der Waals surface area contributed by atoms with Gasteiger partial charge in [-0.25, -0.2) is 4.99 Å². The molecule has 7 heteroatoms. The summed E-state index contributed by atoms with van der Waals surface area (Å²) in [6.45, 7) is 1.01. The number of aromatic amines is 1. The summed E-state index contributed by atoms with van der Waals surface area (Å²) in [6, 6.07) is 21.2. The lowest BCUT2D eigenvalue weighted by molar-refractivity contribution is -0.136. The standard InChI is InChI=1S/C29H30ClN3O3/c1-33(2)15-5-8-19-7-4-10-23(17-19)31-28(21-9-3-6-20(16-21)11-14-26(34)35)27-24-13-12-22(30)18-25(24)32-29(27)36/h3-4,6-7,9-10,12-13,16-18,32,36H,5,8,11,14-15H2,1-2H3,(H,34,35). The number of nitrogens with one attached hydrogen (secondary N) is 1. The Morgan fingerprint density at radius 2 is 1.75 bits per heavy atom. The minimum absolute atomic E-state index is 0.00379. The molecule has 0 amide bonds. The summed E-state index contributed by atoms with van der Waals surface area (Å²) in [5, 5.41) is 21.4. The summed E-state index contributed by atoms with van der Waals surface area (Å²) in [7, 11) is 4.14.